The minimum atomic E-state index is -1.37. The average molecular weight is 102 g/mol. The summed E-state index contributed by atoms with van der Waals surface area (Å²) < 4.78 is 11.1. The molecule has 0 heterocycles. The fourth-order valence-corrected chi connectivity index (χ4v) is 0.164. The molecule has 0 amide bonds. The van der Waals surface area contributed by atoms with Gasteiger partial charge in [0.1, 0.15) is 0 Å². The molecule has 0 rings (SSSR count). The van der Waals surface area contributed by atoms with Crippen LogP contribution in [0.25, 0.3) is 0 Å². The topological polar surface area (TPSA) is 43.7 Å². The molecule has 7 heavy (non-hydrogen) atoms. The third-order valence-corrected chi connectivity index (χ3v) is 0.515. The lowest BCUT2D eigenvalue weighted by molar-refractivity contribution is 0.120. The Hall–Kier alpha value is -0.620. The monoisotopic (exact) mass is 102 g/mol. The van der Waals surface area contributed by atoms with Crippen LogP contribution in [0.3, 0.4) is 0 Å². The Morgan fingerprint density at radius 1 is 1.86 bits per heavy atom. The molecule has 1 unspecified atom stereocenters. The van der Waals surface area contributed by atoms with Gasteiger partial charge in [-0.25, -0.2) is 5.11 Å². The first kappa shape index (κ1) is 6.38. The molecule has 1 radical (unpaired) electrons. The Labute approximate surface area is 41.2 Å². The average Bonchev–Trinajstić information content (AvgIpc) is 1.68. The number of nitriles is 1. The first-order chi connectivity index (χ1) is 3.31. The summed E-state index contributed by atoms with van der Waals surface area (Å²) in [7, 11) is 0. The maximum atomic E-state index is 11.1. The molecular weight excluding hydrogens is 97.0 g/mol. The number of hydrogen-bond donors (Lipinski definition) is 0. The molecule has 0 spiro atoms. The van der Waals surface area contributed by atoms with Crippen LogP contribution in [0.4, 0.5) is 4.39 Å². The van der Waals surface area contributed by atoms with Crippen molar-refractivity contribution >= 4 is 0 Å². The molecule has 0 N–H and O–H groups in total. The predicted molar refractivity (Wildman–Crippen MR) is 20.7 cm³/mol. The van der Waals surface area contributed by atoms with Crippen LogP contribution in [0.5, 0.6) is 0 Å². The smallest absolute Gasteiger partial charge is 0.181 e. The molecule has 0 aromatic carbocycles. The number of halogens is 1. The maximum Gasteiger partial charge on any atom is 0.181 e. The van der Waals surface area contributed by atoms with Gasteiger partial charge in [0.15, 0.2) is 6.10 Å². The summed E-state index contributed by atoms with van der Waals surface area (Å²) >= 11 is 0. The van der Waals surface area contributed by atoms with E-state index in [2.05, 4.69) is 0 Å². The van der Waals surface area contributed by atoms with Gasteiger partial charge in [0.05, 0.1) is 12.7 Å². The van der Waals surface area contributed by atoms with Gasteiger partial charge in [-0.2, -0.15) is 5.26 Å². The quantitative estimate of drug-likeness (QED) is 0.505. The van der Waals surface area contributed by atoms with Crippen molar-refractivity contribution in [3.63, 3.8) is 0 Å². The third kappa shape index (κ3) is 3.20. The highest BCUT2D eigenvalue weighted by atomic mass is 19.1. The lowest BCUT2D eigenvalue weighted by Gasteiger charge is -1.87. The molecule has 0 fully saturated rings. The summed E-state index contributed by atoms with van der Waals surface area (Å²) in [5, 5.41) is 17.6. The molecule has 0 aromatic rings. The number of hydrogen-bond acceptors (Lipinski definition) is 1. The molecule has 0 aromatic heterocycles. The first-order valence-corrected chi connectivity index (χ1v) is 1.92. The fourth-order valence-electron chi connectivity index (χ4n) is 0.164. The molecule has 0 saturated carbocycles. The van der Waals surface area contributed by atoms with Crippen LogP contribution in [-0.2, 0) is 5.11 Å². The van der Waals surface area contributed by atoms with E-state index in [9.17, 15) is 9.50 Å². The van der Waals surface area contributed by atoms with E-state index in [0.29, 0.717) is 0 Å². The summed E-state index contributed by atoms with van der Waals surface area (Å²) in [4.78, 5) is 0. The maximum absolute atomic E-state index is 11.1. The van der Waals surface area contributed by atoms with Crippen molar-refractivity contribution in [1.82, 2.24) is 0 Å². The predicted octanol–water partition coefficient (Wildman–Crippen LogP) is 0.669. The van der Waals surface area contributed by atoms with Gasteiger partial charge in [-0.15, -0.1) is 0 Å². The molecule has 0 aliphatic carbocycles. The van der Waals surface area contributed by atoms with Crippen molar-refractivity contribution in [1.29, 1.82) is 5.26 Å². The van der Waals surface area contributed by atoms with Crippen LogP contribution < -0.4 is 0 Å². The van der Waals surface area contributed by atoms with E-state index in [4.69, 9.17) is 5.26 Å². The van der Waals surface area contributed by atoms with Gasteiger partial charge >= 0.3 is 0 Å². The highest BCUT2D eigenvalue weighted by Crippen LogP contribution is 1.88. The molecule has 0 saturated heterocycles. The Bertz CT molecular complexity index is 78.2. The zero-order valence-corrected chi connectivity index (χ0v) is 3.72. The van der Waals surface area contributed by atoms with Crippen LogP contribution in [0.1, 0.15) is 6.42 Å². The van der Waals surface area contributed by atoms with Crippen LogP contribution in [0.15, 0.2) is 0 Å². The second-order valence-electron chi connectivity index (χ2n) is 1.10. The molecule has 39 valence electrons. The molecular formula is C4H5FNO. The van der Waals surface area contributed by atoms with Crippen molar-refractivity contribution in [3.8, 4) is 6.07 Å². The minimum absolute atomic E-state index is 0.184. The molecule has 0 aliphatic rings. The van der Waals surface area contributed by atoms with Crippen molar-refractivity contribution < 1.29 is 9.50 Å². The van der Waals surface area contributed by atoms with Crippen molar-refractivity contribution in [2.24, 2.45) is 0 Å². The minimum Gasteiger partial charge on any atom is -0.251 e. The lowest BCUT2D eigenvalue weighted by atomic mass is 10.3. The van der Waals surface area contributed by atoms with Crippen LogP contribution in [-0.4, -0.2) is 12.8 Å². The molecule has 3 heteroatoms. The standard InChI is InChI=1S/C4H5FNO/c5-2-1-4(7)3-6/h4H,1-2H2. The third-order valence-electron chi connectivity index (χ3n) is 0.515. The van der Waals surface area contributed by atoms with Crippen molar-refractivity contribution in [2.75, 3.05) is 6.67 Å². The van der Waals surface area contributed by atoms with Gasteiger partial charge in [-0.3, -0.25) is 4.39 Å². The summed E-state index contributed by atoms with van der Waals surface area (Å²) in [6.07, 6.45) is -1.55. The summed E-state index contributed by atoms with van der Waals surface area (Å²) in [6, 6.07) is 1.37. The normalized spacial score (nSPS) is 12.7. The zero-order valence-electron chi connectivity index (χ0n) is 3.72. The van der Waals surface area contributed by atoms with Crippen LogP contribution >= 0.6 is 0 Å². The van der Waals surface area contributed by atoms with E-state index < -0.39 is 12.8 Å². The largest absolute Gasteiger partial charge is 0.251 e. The van der Waals surface area contributed by atoms with E-state index in [-0.39, 0.29) is 6.42 Å². The lowest BCUT2D eigenvalue weighted by Crippen LogP contribution is -1.99. The summed E-state index contributed by atoms with van der Waals surface area (Å²) in [6.45, 7) is -0.693. The Morgan fingerprint density at radius 3 is 2.57 bits per heavy atom. The number of rotatable bonds is 2. The Morgan fingerprint density at radius 2 is 2.43 bits per heavy atom. The number of nitrogens with zero attached hydrogens (tertiary/aromatic N) is 1. The fraction of sp³-hybridized carbons (Fsp3) is 0.750. The Kier molecular flexibility index (Phi) is 3.25. The zero-order chi connectivity index (χ0) is 5.70. The second-order valence-corrected chi connectivity index (χ2v) is 1.10. The van der Waals surface area contributed by atoms with E-state index in [1.54, 1.807) is 0 Å². The van der Waals surface area contributed by atoms with Crippen LogP contribution in [0, 0.1) is 11.3 Å². The summed E-state index contributed by atoms with van der Waals surface area (Å²) in [5.74, 6) is 0. The first-order valence-electron chi connectivity index (χ1n) is 1.92. The van der Waals surface area contributed by atoms with Crippen molar-refractivity contribution in [2.45, 2.75) is 12.5 Å². The van der Waals surface area contributed by atoms with Crippen LogP contribution in [0.2, 0.25) is 0 Å². The van der Waals surface area contributed by atoms with Gasteiger partial charge in [0.2, 0.25) is 0 Å². The van der Waals surface area contributed by atoms with Gasteiger partial charge in [0, 0.05) is 6.42 Å². The van der Waals surface area contributed by atoms with Crippen molar-refractivity contribution in [3.05, 3.63) is 0 Å². The van der Waals surface area contributed by atoms with Gasteiger partial charge in [-0.05, 0) is 0 Å². The van der Waals surface area contributed by atoms with E-state index in [1.807, 2.05) is 0 Å². The highest BCUT2D eigenvalue weighted by molar-refractivity contribution is 4.80. The van der Waals surface area contributed by atoms with E-state index in [0.717, 1.165) is 0 Å². The van der Waals surface area contributed by atoms with Gasteiger partial charge in [0.25, 0.3) is 0 Å². The summed E-state index contributed by atoms with van der Waals surface area (Å²) in [5.41, 5.74) is 0. The van der Waals surface area contributed by atoms with Gasteiger partial charge < -0.3 is 0 Å². The highest BCUT2D eigenvalue weighted by Gasteiger charge is 1.99. The SMILES string of the molecule is N#CC([O])CCF. The molecule has 1 atom stereocenters. The van der Waals surface area contributed by atoms with E-state index in [1.165, 1.54) is 6.07 Å². The second kappa shape index (κ2) is 3.57. The molecule has 0 aliphatic heterocycles. The van der Waals surface area contributed by atoms with Gasteiger partial charge in [-0.1, -0.05) is 0 Å². The number of alkyl halides is 1. The Balaban J connectivity index is 3.04. The molecule has 0 bridgehead atoms. The van der Waals surface area contributed by atoms with E-state index >= 15 is 0 Å². The molecule has 2 nitrogen and oxygen atoms in total.